The summed E-state index contributed by atoms with van der Waals surface area (Å²) >= 11 is 0. The third-order valence-corrected chi connectivity index (χ3v) is 3.63. The zero-order valence-corrected chi connectivity index (χ0v) is 11.7. The first-order chi connectivity index (χ1) is 8.41. The van der Waals surface area contributed by atoms with Crippen molar-refractivity contribution in [3.05, 3.63) is 34.9 Å². The van der Waals surface area contributed by atoms with E-state index >= 15 is 0 Å². The minimum absolute atomic E-state index is 0.0732. The summed E-state index contributed by atoms with van der Waals surface area (Å²) in [7, 11) is 0. The standard InChI is InChI=1S/C15H23NO2/c1-5-15(4,8-9-17)16-14(18)13-7-6-11(2)12(3)10-13/h6-7,10,17H,5,8-9H2,1-4H3,(H,16,18). The molecule has 0 spiro atoms. The number of hydrogen-bond acceptors (Lipinski definition) is 2. The van der Waals surface area contributed by atoms with Gasteiger partial charge in [-0.3, -0.25) is 4.79 Å². The lowest BCUT2D eigenvalue weighted by Gasteiger charge is -2.29. The maximum atomic E-state index is 12.2. The van der Waals surface area contributed by atoms with Crippen molar-refractivity contribution in [2.45, 2.75) is 46.1 Å². The highest BCUT2D eigenvalue weighted by atomic mass is 16.3. The molecule has 0 saturated carbocycles. The van der Waals surface area contributed by atoms with Gasteiger partial charge in [0.15, 0.2) is 0 Å². The second-order valence-electron chi connectivity index (χ2n) is 5.14. The van der Waals surface area contributed by atoms with Gasteiger partial charge in [-0.05, 0) is 56.9 Å². The van der Waals surface area contributed by atoms with Gasteiger partial charge in [0, 0.05) is 17.7 Å². The Morgan fingerprint density at radius 1 is 1.33 bits per heavy atom. The Morgan fingerprint density at radius 3 is 2.50 bits per heavy atom. The molecule has 0 aliphatic carbocycles. The third kappa shape index (κ3) is 3.57. The number of aliphatic hydroxyl groups is 1. The van der Waals surface area contributed by atoms with Crippen LogP contribution >= 0.6 is 0 Å². The number of amides is 1. The van der Waals surface area contributed by atoms with Gasteiger partial charge in [-0.1, -0.05) is 13.0 Å². The van der Waals surface area contributed by atoms with Gasteiger partial charge in [-0.25, -0.2) is 0 Å². The molecule has 1 atom stereocenters. The SMILES string of the molecule is CCC(C)(CCO)NC(=O)c1ccc(C)c(C)c1. The maximum absolute atomic E-state index is 12.2. The average Bonchev–Trinajstić information content (AvgIpc) is 2.32. The van der Waals surface area contributed by atoms with Crippen molar-refractivity contribution in [2.24, 2.45) is 0 Å². The quantitative estimate of drug-likeness (QED) is 0.842. The number of carbonyl (C=O) groups excluding carboxylic acids is 1. The summed E-state index contributed by atoms with van der Waals surface area (Å²) in [6, 6.07) is 5.70. The highest BCUT2D eigenvalue weighted by Crippen LogP contribution is 2.16. The Hall–Kier alpha value is -1.35. The van der Waals surface area contributed by atoms with E-state index in [4.69, 9.17) is 5.11 Å². The predicted octanol–water partition coefficient (Wildman–Crippen LogP) is 2.58. The van der Waals surface area contributed by atoms with Gasteiger partial charge in [-0.15, -0.1) is 0 Å². The van der Waals surface area contributed by atoms with E-state index in [1.54, 1.807) is 0 Å². The van der Waals surface area contributed by atoms with Gasteiger partial charge in [0.05, 0.1) is 0 Å². The number of nitrogens with one attached hydrogen (secondary N) is 1. The molecule has 0 aliphatic rings. The van der Waals surface area contributed by atoms with Crippen molar-refractivity contribution in [3.63, 3.8) is 0 Å². The zero-order chi connectivity index (χ0) is 13.8. The number of hydrogen-bond donors (Lipinski definition) is 2. The molecule has 1 amide bonds. The Kier molecular flexibility index (Phi) is 4.91. The molecule has 1 aromatic rings. The minimum atomic E-state index is -0.343. The number of benzene rings is 1. The van der Waals surface area contributed by atoms with Crippen molar-refractivity contribution < 1.29 is 9.90 Å². The molecule has 3 nitrogen and oxygen atoms in total. The van der Waals surface area contributed by atoms with E-state index < -0.39 is 0 Å². The summed E-state index contributed by atoms with van der Waals surface area (Å²) in [6.45, 7) is 8.08. The van der Waals surface area contributed by atoms with Crippen LogP contribution in [0.25, 0.3) is 0 Å². The normalized spacial score (nSPS) is 14.1. The van der Waals surface area contributed by atoms with Crippen LogP contribution < -0.4 is 5.32 Å². The van der Waals surface area contributed by atoms with Crippen LogP contribution in [-0.2, 0) is 0 Å². The first-order valence-corrected chi connectivity index (χ1v) is 6.42. The van der Waals surface area contributed by atoms with Gasteiger partial charge in [0.25, 0.3) is 5.91 Å². The van der Waals surface area contributed by atoms with Crippen LogP contribution in [0.15, 0.2) is 18.2 Å². The highest BCUT2D eigenvalue weighted by Gasteiger charge is 2.24. The van der Waals surface area contributed by atoms with Gasteiger partial charge >= 0.3 is 0 Å². The van der Waals surface area contributed by atoms with Gasteiger partial charge in [0.1, 0.15) is 0 Å². The van der Waals surface area contributed by atoms with Crippen molar-refractivity contribution in [3.8, 4) is 0 Å². The molecule has 100 valence electrons. The van der Waals surface area contributed by atoms with Gasteiger partial charge in [0.2, 0.25) is 0 Å². The van der Waals surface area contributed by atoms with Crippen LogP contribution in [0.5, 0.6) is 0 Å². The summed E-state index contributed by atoms with van der Waals surface area (Å²) < 4.78 is 0. The van der Waals surface area contributed by atoms with Crippen molar-refractivity contribution in [2.75, 3.05) is 6.61 Å². The Labute approximate surface area is 109 Å². The fraction of sp³-hybridized carbons (Fsp3) is 0.533. The van der Waals surface area contributed by atoms with Crippen molar-refractivity contribution >= 4 is 5.91 Å². The molecular formula is C15H23NO2. The monoisotopic (exact) mass is 249 g/mol. The lowest BCUT2D eigenvalue weighted by atomic mass is 9.94. The van der Waals surface area contributed by atoms with E-state index in [1.165, 1.54) is 5.56 Å². The first kappa shape index (κ1) is 14.7. The van der Waals surface area contributed by atoms with E-state index in [2.05, 4.69) is 5.32 Å². The molecule has 1 unspecified atom stereocenters. The van der Waals surface area contributed by atoms with E-state index in [-0.39, 0.29) is 18.1 Å². The molecule has 0 bridgehead atoms. The van der Waals surface area contributed by atoms with Crippen LogP contribution in [0.3, 0.4) is 0 Å². The molecule has 0 saturated heterocycles. The Bertz CT molecular complexity index is 429. The lowest BCUT2D eigenvalue weighted by molar-refractivity contribution is 0.0886. The first-order valence-electron chi connectivity index (χ1n) is 6.42. The molecule has 0 aromatic heterocycles. The molecule has 18 heavy (non-hydrogen) atoms. The highest BCUT2D eigenvalue weighted by molar-refractivity contribution is 5.94. The smallest absolute Gasteiger partial charge is 0.251 e. The van der Waals surface area contributed by atoms with E-state index in [1.807, 2.05) is 45.9 Å². The number of aliphatic hydroxyl groups excluding tert-OH is 1. The fourth-order valence-corrected chi connectivity index (χ4v) is 1.80. The topological polar surface area (TPSA) is 49.3 Å². The molecule has 0 aliphatic heterocycles. The summed E-state index contributed by atoms with van der Waals surface area (Å²) in [4.78, 5) is 12.2. The summed E-state index contributed by atoms with van der Waals surface area (Å²) in [5.74, 6) is -0.0732. The minimum Gasteiger partial charge on any atom is -0.396 e. The Morgan fingerprint density at radius 2 is 2.00 bits per heavy atom. The van der Waals surface area contributed by atoms with E-state index in [9.17, 15) is 4.79 Å². The van der Waals surface area contributed by atoms with Crippen molar-refractivity contribution in [1.29, 1.82) is 0 Å². The molecule has 3 heteroatoms. The fourth-order valence-electron chi connectivity index (χ4n) is 1.80. The molecule has 2 N–H and O–H groups in total. The summed E-state index contributed by atoms with van der Waals surface area (Å²) in [5, 5.41) is 12.1. The lowest BCUT2D eigenvalue weighted by Crippen LogP contribution is -2.46. The molecule has 0 radical (unpaired) electrons. The number of carbonyl (C=O) groups is 1. The van der Waals surface area contributed by atoms with E-state index in [0.717, 1.165) is 12.0 Å². The van der Waals surface area contributed by atoms with Crippen LogP contribution in [-0.4, -0.2) is 23.2 Å². The third-order valence-electron chi connectivity index (χ3n) is 3.63. The molecule has 1 rings (SSSR count). The predicted molar refractivity (Wildman–Crippen MR) is 73.8 cm³/mol. The van der Waals surface area contributed by atoms with Crippen molar-refractivity contribution in [1.82, 2.24) is 5.32 Å². The molecule has 0 heterocycles. The zero-order valence-electron chi connectivity index (χ0n) is 11.7. The molecule has 1 aromatic carbocycles. The number of aryl methyl sites for hydroxylation is 2. The molecule has 0 fully saturated rings. The van der Waals surface area contributed by atoms with Gasteiger partial charge < -0.3 is 10.4 Å². The second-order valence-corrected chi connectivity index (χ2v) is 5.14. The summed E-state index contributed by atoms with van der Waals surface area (Å²) in [6.07, 6.45) is 1.37. The van der Waals surface area contributed by atoms with Gasteiger partial charge in [-0.2, -0.15) is 0 Å². The van der Waals surface area contributed by atoms with Crippen LogP contribution in [0.1, 0.15) is 48.2 Å². The Balaban J connectivity index is 2.84. The molecular weight excluding hydrogens is 226 g/mol. The van der Waals surface area contributed by atoms with Crippen LogP contribution in [0.2, 0.25) is 0 Å². The second kappa shape index (κ2) is 6.01. The maximum Gasteiger partial charge on any atom is 0.251 e. The van der Waals surface area contributed by atoms with Crippen LogP contribution in [0.4, 0.5) is 0 Å². The van der Waals surface area contributed by atoms with Crippen LogP contribution in [0, 0.1) is 13.8 Å². The largest absolute Gasteiger partial charge is 0.396 e. The average molecular weight is 249 g/mol. The number of rotatable bonds is 5. The summed E-state index contributed by atoms with van der Waals surface area (Å²) in [5.41, 5.74) is 2.63. The van der Waals surface area contributed by atoms with E-state index in [0.29, 0.717) is 12.0 Å².